The van der Waals surface area contributed by atoms with Gasteiger partial charge in [0.25, 0.3) is 0 Å². The maximum absolute atomic E-state index is 11.3. The Hall–Kier alpha value is -1.30. The third-order valence-electron chi connectivity index (χ3n) is 2.18. The molecular weight excluding hydrogens is 188 g/mol. The van der Waals surface area contributed by atoms with Gasteiger partial charge in [0.1, 0.15) is 0 Å². The van der Waals surface area contributed by atoms with Crippen LogP contribution in [-0.4, -0.2) is 54.9 Å². The summed E-state index contributed by atoms with van der Waals surface area (Å²) < 4.78 is 4.99. The standard InChI is InChI=1S/C8H14N2O4/c1-10(2)7(13)9-8(6(11)12)3-4-14-5-8/h3-5H2,1-2H3,(H,9,13)(H,11,12). The van der Waals surface area contributed by atoms with E-state index in [0.29, 0.717) is 13.0 Å². The van der Waals surface area contributed by atoms with Crippen molar-refractivity contribution in [3.8, 4) is 0 Å². The lowest BCUT2D eigenvalue weighted by molar-refractivity contribution is -0.144. The Morgan fingerprint density at radius 2 is 2.14 bits per heavy atom. The van der Waals surface area contributed by atoms with E-state index >= 15 is 0 Å². The van der Waals surface area contributed by atoms with Crippen molar-refractivity contribution in [3.05, 3.63) is 0 Å². The van der Waals surface area contributed by atoms with Crippen LogP contribution in [0.2, 0.25) is 0 Å². The summed E-state index contributed by atoms with van der Waals surface area (Å²) in [4.78, 5) is 23.6. The second kappa shape index (κ2) is 3.83. The molecule has 0 saturated carbocycles. The van der Waals surface area contributed by atoms with E-state index in [0.717, 1.165) is 0 Å². The summed E-state index contributed by atoms with van der Waals surface area (Å²) in [5.41, 5.74) is -1.25. The number of carboxylic acids is 1. The van der Waals surface area contributed by atoms with Crippen LogP contribution in [0.15, 0.2) is 0 Å². The average Bonchev–Trinajstić information content (AvgIpc) is 2.53. The van der Waals surface area contributed by atoms with Crippen molar-refractivity contribution >= 4 is 12.0 Å². The summed E-state index contributed by atoms with van der Waals surface area (Å²) >= 11 is 0. The number of carboxylic acid groups (broad SMARTS) is 1. The van der Waals surface area contributed by atoms with Crippen LogP contribution in [0.25, 0.3) is 0 Å². The Kier molecular flexibility index (Phi) is 2.95. The highest BCUT2D eigenvalue weighted by Crippen LogP contribution is 2.19. The third kappa shape index (κ3) is 1.95. The highest BCUT2D eigenvalue weighted by Gasteiger charge is 2.44. The fourth-order valence-corrected chi connectivity index (χ4v) is 1.20. The molecule has 80 valence electrons. The van der Waals surface area contributed by atoms with Gasteiger partial charge in [-0.1, -0.05) is 0 Å². The number of nitrogens with zero attached hydrogens (tertiary/aromatic N) is 1. The maximum Gasteiger partial charge on any atom is 0.332 e. The van der Waals surface area contributed by atoms with Crippen LogP contribution in [0.5, 0.6) is 0 Å². The number of hydrogen-bond acceptors (Lipinski definition) is 3. The molecule has 0 aliphatic carbocycles. The van der Waals surface area contributed by atoms with Gasteiger partial charge in [-0.3, -0.25) is 0 Å². The van der Waals surface area contributed by atoms with Crippen LogP contribution >= 0.6 is 0 Å². The number of carbonyl (C=O) groups is 2. The number of aliphatic carboxylic acids is 1. The molecule has 0 spiro atoms. The minimum Gasteiger partial charge on any atom is -0.479 e. The fraction of sp³-hybridized carbons (Fsp3) is 0.750. The van der Waals surface area contributed by atoms with E-state index in [2.05, 4.69) is 5.32 Å². The molecule has 0 radical (unpaired) electrons. The summed E-state index contributed by atoms with van der Waals surface area (Å²) in [7, 11) is 3.11. The van der Waals surface area contributed by atoms with Crippen molar-refractivity contribution in [1.29, 1.82) is 0 Å². The van der Waals surface area contributed by atoms with E-state index in [9.17, 15) is 9.59 Å². The molecule has 1 atom stereocenters. The van der Waals surface area contributed by atoms with Gasteiger partial charge in [0.05, 0.1) is 6.61 Å². The second-order valence-corrected chi connectivity index (χ2v) is 3.51. The predicted octanol–water partition coefficient (Wildman–Crippen LogP) is -0.499. The van der Waals surface area contributed by atoms with Crippen molar-refractivity contribution in [2.45, 2.75) is 12.0 Å². The van der Waals surface area contributed by atoms with Crippen LogP contribution in [0, 0.1) is 0 Å². The highest BCUT2D eigenvalue weighted by atomic mass is 16.5. The van der Waals surface area contributed by atoms with Gasteiger partial charge in [0.2, 0.25) is 0 Å². The summed E-state index contributed by atoms with van der Waals surface area (Å²) in [6.45, 7) is 0.391. The van der Waals surface area contributed by atoms with Gasteiger partial charge in [-0.15, -0.1) is 0 Å². The molecule has 1 aliphatic rings. The molecule has 0 aromatic rings. The molecule has 0 aromatic carbocycles. The zero-order valence-corrected chi connectivity index (χ0v) is 8.24. The molecule has 2 amide bonds. The summed E-state index contributed by atoms with van der Waals surface area (Å²) in [5.74, 6) is -1.05. The van der Waals surface area contributed by atoms with Crippen molar-refractivity contribution < 1.29 is 19.4 Å². The van der Waals surface area contributed by atoms with E-state index in [-0.39, 0.29) is 6.61 Å². The second-order valence-electron chi connectivity index (χ2n) is 3.51. The number of amides is 2. The minimum absolute atomic E-state index is 0.0297. The van der Waals surface area contributed by atoms with E-state index in [4.69, 9.17) is 9.84 Å². The first-order chi connectivity index (χ1) is 6.48. The molecule has 14 heavy (non-hydrogen) atoms. The quantitative estimate of drug-likeness (QED) is 0.632. The molecule has 1 aliphatic heterocycles. The van der Waals surface area contributed by atoms with E-state index < -0.39 is 17.5 Å². The lowest BCUT2D eigenvalue weighted by Gasteiger charge is -2.25. The number of carbonyl (C=O) groups excluding carboxylic acids is 1. The molecule has 1 saturated heterocycles. The molecular formula is C8H14N2O4. The van der Waals surface area contributed by atoms with E-state index in [1.165, 1.54) is 4.90 Å². The van der Waals surface area contributed by atoms with Crippen LogP contribution in [-0.2, 0) is 9.53 Å². The lowest BCUT2D eigenvalue weighted by atomic mass is 9.99. The van der Waals surface area contributed by atoms with Gasteiger partial charge in [0, 0.05) is 27.1 Å². The number of nitrogens with one attached hydrogen (secondary N) is 1. The van der Waals surface area contributed by atoms with Crippen molar-refractivity contribution in [3.63, 3.8) is 0 Å². The van der Waals surface area contributed by atoms with Crippen LogP contribution in [0.1, 0.15) is 6.42 Å². The predicted molar refractivity (Wildman–Crippen MR) is 48.0 cm³/mol. The van der Waals surface area contributed by atoms with Crippen LogP contribution in [0.3, 0.4) is 0 Å². The number of ether oxygens (including phenoxy) is 1. The van der Waals surface area contributed by atoms with Gasteiger partial charge >= 0.3 is 12.0 Å². The largest absolute Gasteiger partial charge is 0.479 e. The highest BCUT2D eigenvalue weighted by molar-refractivity contribution is 5.86. The van der Waals surface area contributed by atoms with Crippen LogP contribution in [0.4, 0.5) is 4.79 Å². The fourth-order valence-electron chi connectivity index (χ4n) is 1.20. The number of rotatable bonds is 2. The molecule has 1 heterocycles. The number of hydrogen-bond donors (Lipinski definition) is 2. The lowest BCUT2D eigenvalue weighted by Crippen LogP contribution is -2.57. The molecule has 0 aromatic heterocycles. The Labute approximate surface area is 81.8 Å². The zero-order valence-electron chi connectivity index (χ0n) is 8.24. The van der Waals surface area contributed by atoms with Gasteiger partial charge < -0.3 is 20.1 Å². The average molecular weight is 202 g/mol. The minimum atomic E-state index is -1.25. The molecule has 1 unspecified atom stereocenters. The molecule has 6 nitrogen and oxygen atoms in total. The smallest absolute Gasteiger partial charge is 0.332 e. The summed E-state index contributed by atoms with van der Waals surface area (Å²) in [6.07, 6.45) is 0.307. The Morgan fingerprint density at radius 1 is 1.50 bits per heavy atom. The van der Waals surface area contributed by atoms with Gasteiger partial charge in [-0.25, -0.2) is 9.59 Å². The Balaban J connectivity index is 2.70. The molecule has 6 heteroatoms. The first-order valence-electron chi connectivity index (χ1n) is 4.28. The molecule has 1 rings (SSSR count). The number of urea groups is 1. The normalized spacial score (nSPS) is 25.9. The Morgan fingerprint density at radius 3 is 2.50 bits per heavy atom. The third-order valence-corrected chi connectivity index (χ3v) is 2.18. The monoisotopic (exact) mass is 202 g/mol. The molecule has 2 N–H and O–H groups in total. The van der Waals surface area contributed by atoms with E-state index in [1.54, 1.807) is 14.1 Å². The summed E-state index contributed by atoms with van der Waals surface area (Å²) in [6, 6.07) is -0.419. The van der Waals surface area contributed by atoms with Gasteiger partial charge in [0.15, 0.2) is 5.54 Å². The zero-order chi connectivity index (χ0) is 10.8. The topological polar surface area (TPSA) is 78.9 Å². The van der Waals surface area contributed by atoms with Gasteiger partial charge in [-0.2, -0.15) is 0 Å². The van der Waals surface area contributed by atoms with Crippen molar-refractivity contribution in [2.75, 3.05) is 27.3 Å². The first-order valence-corrected chi connectivity index (χ1v) is 4.28. The maximum atomic E-state index is 11.3. The van der Waals surface area contributed by atoms with Crippen molar-refractivity contribution in [2.24, 2.45) is 0 Å². The molecule has 1 fully saturated rings. The first kappa shape index (κ1) is 10.8. The Bertz CT molecular complexity index is 246. The van der Waals surface area contributed by atoms with Gasteiger partial charge in [-0.05, 0) is 0 Å². The SMILES string of the molecule is CN(C)C(=O)NC1(C(=O)O)CCOC1. The van der Waals surface area contributed by atoms with Crippen LogP contribution < -0.4 is 5.32 Å². The van der Waals surface area contributed by atoms with E-state index in [1.807, 2.05) is 0 Å². The summed E-state index contributed by atoms with van der Waals surface area (Å²) in [5, 5.41) is 11.4. The molecule has 0 bridgehead atoms. The van der Waals surface area contributed by atoms with Crippen molar-refractivity contribution in [1.82, 2.24) is 10.2 Å².